The molecule has 8 heteroatoms. The highest BCUT2D eigenvalue weighted by Crippen LogP contribution is 2.36. The summed E-state index contributed by atoms with van der Waals surface area (Å²) in [5, 5.41) is 17.6. The van der Waals surface area contributed by atoms with Crippen molar-refractivity contribution in [3.05, 3.63) is 51.0 Å². The smallest absolute Gasteiger partial charge is 0.259 e. The lowest BCUT2D eigenvalue weighted by molar-refractivity contribution is -0.119. The molecule has 0 aliphatic carbocycles. The number of hydrazone groups is 1. The van der Waals surface area contributed by atoms with Gasteiger partial charge in [-0.1, -0.05) is 11.6 Å². The maximum Gasteiger partial charge on any atom is 0.259 e. The molecule has 6 nitrogen and oxygen atoms in total. The zero-order chi connectivity index (χ0) is 18.4. The number of halogens is 2. The fraction of sp³-hybridized carbons (Fsp3) is 0.176. The van der Waals surface area contributed by atoms with Gasteiger partial charge in [0, 0.05) is 21.8 Å². The van der Waals surface area contributed by atoms with Gasteiger partial charge in [-0.25, -0.2) is 5.43 Å². The minimum Gasteiger partial charge on any atom is -0.507 e. The number of nitrogens with zero attached hydrogens (tertiary/aromatic N) is 1. The van der Waals surface area contributed by atoms with Crippen molar-refractivity contribution in [2.45, 2.75) is 6.92 Å². The molecule has 0 atom stereocenters. The molecule has 0 bridgehead atoms. The normalized spacial score (nSPS) is 10.7. The molecular weight excluding hydrogens is 410 g/mol. The van der Waals surface area contributed by atoms with Crippen LogP contribution in [0, 0.1) is 6.92 Å². The van der Waals surface area contributed by atoms with Gasteiger partial charge in [0.05, 0.1) is 24.3 Å². The summed E-state index contributed by atoms with van der Waals surface area (Å²) < 4.78 is 5.88. The quantitative estimate of drug-likeness (QED) is 0.486. The SMILES string of the molecule is COc1c(Br)cc(/C=N\NC(=O)CNc2ccc(Cl)cc2)c(O)c1C. The number of carbonyl (C=O) groups excluding carboxylic acids is 1. The van der Waals surface area contributed by atoms with Crippen molar-refractivity contribution in [1.29, 1.82) is 0 Å². The molecule has 2 rings (SSSR count). The predicted octanol–water partition coefficient (Wildman–Crippen LogP) is 3.69. The summed E-state index contributed by atoms with van der Waals surface area (Å²) in [6, 6.07) is 8.66. The van der Waals surface area contributed by atoms with Crippen molar-refractivity contribution >= 4 is 45.3 Å². The van der Waals surface area contributed by atoms with Gasteiger partial charge in [-0.05, 0) is 53.2 Å². The zero-order valence-electron chi connectivity index (χ0n) is 13.6. The minimum atomic E-state index is -0.324. The van der Waals surface area contributed by atoms with Crippen molar-refractivity contribution in [2.75, 3.05) is 19.0 Å². The van der Waals surface area contributed by atoms with Crippen molar-refractivity contribution in [3.63, 3.8) is 0 Å². The number of phenolic OH excluding ortho intramolecular Hbond substituents is 1. The Morgan fingerprint density at radius 1 is 1.40 bits per heavy atom. The summed E-state index contributed by atoms with van der Waals surface area (Å²) in [6.45, 7) is 1.78. The molecule has 0 fully saturated rings. The molecule has 0 heterocycles. The van der Waals surface area contributed by atoms with Crippen LogP contribution >= 0.6 is 27.5 Å². The van der Waals surface area contributed by atoms with Gasteiger partial charge in [-0.3, -0.25) is 4.79 Å². The first-order valence-corrected chi connectivity index (χ1v) is 8.47. The average molecular weight is 427 g/mol. The lowest BCUT2D eigenvalue weighted by atomic mass is 10.1. The van der Waals surface area contributed by atoms with E-state index in [9.17, 15) is 9.90 Å². The topological polar surface area (TPSA) is 83.0 Å². The Bertz CT molecular complexity index is 795. The van der Waals surface area contributed by atoms with E-state index in [2.05, 4.69) is 31.8 Å². The Balaban J connectivity index is 1.94. The van der Waals surface area contributed by atoms with Crippen LogP contribution in [0.25, 0.3) is 0 Å². The van der Waals surface area contributed by atoms with E-state index < -0.39 is 0 Å². The summed E-state index contributed by atoms with van der Waals surface area (Å²) in [4.78, 5) is 11.8. The van der Waals surface area contributed by atoms with Crippen LogP contribution in [0.3, 0.4) is 0 Å². The maximum absolute atomic E-state index is 11.8. The number of rotatable bonds is 6. The molecule has 2 aromatic rings. The molecular formula is C17H17BrClN3O3. The highest BCUT2D eigenvalue weighted by Gasteiger charge is 2.12. The van der Waals surface area contributed by atoms with E-state index in [4.69, 9.17) is 16.3 Å². The van der Waals surface area contributed by atoms with Crippen LogP contribution in [0.4, 0.5) is 5.69 Å². The molecule has 2 aromatic carbocycles. The van der Waals surface area contributed by atoms with Crippen LogP contribution in [0.5, 0.6) is 11.5 Å². The third-order valence-corrected chi connectivity index (χ3v) is 4.20. The molecule has 132 valence electrons. The fourth-order valence-electron chi connectivity index (χ4n) is 2.09. The predicted molar refractivity (Wildman–Crippen MR) is 103 cm³/mol. The number of amides is 1. The molecule has 25 heavy (non-hydrogen) atoms. The van der Waals surface area contributed by atoms with Crippen LogP contribution < -0.4 is 15.5 Å². The lowest BCUT2D eigenvalue weighted by Crippen LogP contribution is -2.25. The van der Waals surface area contributed by atoms with Gasteiger partial charge in [0.1, 0.15) is 11.5 Å². The first kappa shape index (κ1) is 19.1. The molecule has 0 saturated carbocycles. The van der Waals surface area contributed by atoms with E-state index in [1.165, 1.54) is 13.3 Å². The second-order valence-corrected chi connectivity index (χ2v) is 6.40. The molecule has 0 aliphatic rings. The van der Waals surface area contributed by atoms with Gasteiger partial charge < -0.3 is 15.2 Å². The number of nitrogens with one attached hydrogen (secondary N) is 2. The summed E-state index contributed by atoms with van der Waals surface area (Å²) in [6.07, 6.45) is 1.37. The molecule has 0 radical (unpaired) electrons. The number of hydrogen-bond acceptors (Lipinski definition) is 5. The van der Waals surface area contributed by atoms with Gasteiger partial charge >= 0.3 is 0 Å². The summed E-state index contributed by atoms with van der Waals surface area (Å²) in [5.74, 6) is 0.262. The zero-order valence-corrected chi connectivity index (χ0v) is 16.0. The van der Waals surface area contributed by atoms with Gasteiger partial charge in [0.25, 0.3) is 5.91 Å². The largest absolute Gasteiger partial charge is 0.507 e. The molecule has 1 amide bonds. The first-order valence-electron chi connectivity index (χ1n) is 7.29. The number of anilines is 1. The summed E-state index contributed by atoms with van der Waals surface area (Å²) in [7, 11) is 1.52. The fourth-order valence-corrected chi connectivity index (χ4v) is 2.92. The molecule has 3 N–H and O–H groups in total. The van der Waals surface area contributed by atoms with E-state index in [0.717, 1.165) is 5.69 Å². The van der Waals surface area contributed by atoms with E-state index in [1.54, 1.807) is 37.3 Å². The minimum absolute atomic E-state index is 0.0392. The van der Waals surface area contributed by atoms with E-state index in [1.807, 2.05) is 0 Å². The maximum atomic E-state index is 11.8. The standard InChI is InChI=1S/C17H17BrClN3O3/c1-10-16(24)11(7-14(18)17(10)25-2)8-21-22-15(23)9-20-13-5-3-12(19)4-6-13/h3-8,20,24H,9H2,1-2H3,(H,22,23)/b21-8-. The molecule has 0 saturated heterocycles. The third-order valence-electron chi connectivity index (χ3n) is 3.36. The molecule has 0 unspecified atom stereocenters. The Kier molecular flexibility index (Phi) is 6.66. The van der Waals surface area contributed by atoms with Gasteiger partial charge in [-0.2, -0.15) is 5.10 Å². The van der Waals surface area contributed by atoms with Crippen LogP contribution in [0.2, 0.25) is 5.02 Å². The number of aromatic hydroxyl groups is 1. The van der Waals surface area contributed by atoms with E-state index in [0.29, 0.717) is 26.4 Å². The number of carbonyl (C=O) groups is 1. The Labute approximate surface area is 159 Å². The van der Waals surface area contributed by atoms with Gasteiger partial charge in [-0.15, -0.1) is 0 Å². The summed E-state index contributed by atoms with van der Waals surface area (Å²) >= 11 is 9.16. The van der Waals surface area contributed by atoms with Crippen molar-refractivity contribution in [2.24, 2.45) is 5.10 Å². The lowest BCUT2D eigenvalue weighted by Gasteiger charge is -2.11. The highest BCUT2D eigenvalue weighted by atomic mass is 79.9. The highest BCUT2D eigenvalue weighted by molar-refractivity contribution is 9.10. The van der Waals surface area contributed by atoms with Gasteiger partial charge in [0.2, 0.25) is 0 Å². The average Bonchev–Trinajstić information content (AvgIpc) is 2.59. The Morgan fingerprint density at radius 2 is 2.08 bits per heavy atom. The second kappa shape index (κ2) is 8.73. The Morgan fingerprint density at radius 3 is 2.72 bits per heavy atom. The number of methoxy groups -OCH3 is 1. The van der Waals surface area contributed by atoms with Crippen molar-refractivity contribution < 1.29 is 14.6 Å². The number of ether oxygens (including phenoxy) is 1. The monoisotopic (exact) mass is 425 g/mol. The second-order valence-electron chi connectivity index (χ2n) is 5.11. The molecule has 0 aromatic heterocycles. The Hall–Kier alpha value is -2.25. The molecule has 0 spiro atoms. The van der Waals surface area contributed by atoms with Crippen LogP contribution in [-0.4, -0.2) is 30.9 Å². The third kappa shape index (κ3) is 5.11. The van der Waals surface area contributed by atoms with Crippen molar-refractivity contribution in [3.8, 4) is 11.5 Å². The van der Waals surface area contributed by atoms with Crippen LogP contribution in [0.1, 0.15) is 11.1 Å². The number of benzene rings is 2. The van der Waals surface area contributed by atoms with Gasteiger partial charge in [0.15, 0.2) is 0 Å². The van der Waals surface area contributed by atoms with E-state index in [-0.39, 0.29) is 18.2 Å². The molecule has 0 aliphatic heterocycles. The number of hydrogen-bond donors (Lipinski definition) is 3. The van der Waals surface area contributed by atoms with Crippen LogP contribution in [0.15, 0.2) is 39.9 Å². The first-order chi connectivity index (χ1) is 11.9. The van der Waals surface area contributed by atoms with E-state index >= 15 is 0 Å². The number of phenols is 1. The van der Waals surface area contributed by atoms with Crippen molar-refractivity contribution in [1.82, 2.24) is 5.43 Å². The summed E-state index contributed by atoms with van der Waals surface area (Å²) in [5.41, 5.74) is 4.20. The van der Waals surface area contributed by atoms with Crippen LogP contribution in [-0.2, 0) is 4.79 Å².